The van der Waals surface area contributed by atoms with Gasteiger partial charge in [0.05, 0.1) is 13.1 Å². The van der Waals surface area contributed by atoms with Crippen molar-refractivity contribution in [3.05, 3.63) is 33.4 Å². The Bertz CT molecular complexity index is 621. The third-order valence-electron chi connectivity index (χ3n) is 3.93. The first-order valence-corrected chi connectivity index (χ1v) is 9.36. The summed E-state index contributed by atoms with van der Waals surface area (Å²) in [6, 6.07) is 7.21. The van der Waals surface area contributed by atoms with Crippen molar-refractivity contribution >= 4 is 40.3 Å². The summed E-state index contributed by atoms with van der Waals surface area (Å²) < 4.78 is 1.11. The van der Waals surface area contributed by atoms with Crippen molar-refractivity contribution in [3.63, 3.8) is 0 Å². The van der Waals surface area contributed by atoms with E-state index in [1.807, 2.05) is 31.2 Å². The maximum absolute atomic E-state index is 12.4. The van der Waals surface area contributed by atoms with Gasteiger partial charge in [0, 0.05) is 23.1 Å². The molecule has 1 aliphatic heterocycles. The lowest BCUT2D eigenvalue weighted by atomic mass is 10.1. The molecule has 3 N–H and O–H groups in total. The molecule has 3 amide bonds. The maximum Gasteiger partial charge on any atom is 0.242 e. The minimum Gasteiger partial charge on any atom is -0.353 e. The van der Waals surface area contributed by atoms with Gasteiger partial charge in [0.1, 0.15) is 6.04 Å². The molecule has 1 saturated heterocycles. The van der Waals surface area contributed by atoms with E-state index in [1.165, 1.54) is 0 Å². The van der Waals surface area contributed by atoms with Gasteiger partial charge in [0.2, 0.25) is 17.7 Å². The lowest BCUT2D eigenvalue weighted by Crippen LogP contribution is -2.53. The smallest absolute Gasteiger partial charge is 0.242 e. The van der Waals surface area contributed by atoms with Crippen LogP contribution >= 0.6 is 22.6 Å². The van der Waals surface area contributed by atoms with E-state index in [2.05, 4.69) is 38.5 Å². The zero-order valence-corrected chi connectivity index (χ0v) is 16.3. The predicted octanol–water partition coefficient (Wildman–Crippen LogP) is -0.114. The van der Waals surface area contributed by atoms with E-state index in [9.17, 15) is 14.4 Å². The van der Waals surface area contributed by atoms with Crippen LogP contribution in [-0.4, -0.2) is 61.4 Å². The molecule has 7 nitrogen and oxygen atoms in total. The number of rotatable bonds is 3. The first kappa shape index (κ1) is 19.6. The lowest BCUT2D eigenvalue weighted by Gasteiger charge is -2.24. The minimum atomic E-state index is -0.638. The number of nitrogens with one attached hydrogen (secondary N) is 3. The molecule has 136 valence electrons. The van der Waals surface area contributed by atoms with E-state index in [4.69, 9.17) is 0 Å². The second kappa shape index (κ2) is 9.71. The van der Waals surface area contributed by atoms with Crippen molar-refractivity contribution in [2.24, 2.45) is 0 Å². The third-order valence-corrected chi connectivity index (χ3v) is 4.65. The van der Waals surface area contributed by atoms with E-state index < -0.39 is 6.04 Å². The molecular formula is C17H23IN4O3. The molecule has 0 aromatic heterocycles. The van der Waals surface area contributed by atoms with Crippen molar-refractivity contribution in [3.8, 4) is 0 Å². The summed E-state index contributed by atoms with van der Waals surface area (Å²) in [4.78, 5) is 38.3. The Morgan fingerprint density at radius 3 is 2.36 bits per heavy atom. The normalized spacial score (nSPS) is 20.7. The zero-order chi connectivity index (χ0) is 18.2. The molecule has 0 spiro atoms. The summed E-state index contributed by atoms with van der Waals surface area (Å²) in [7, 11) is 0. The summed E-state index contributed by atoms with van der Waals surface area (Å²) in [5.74, 6) is -0.662. The van der Waals surface area contributed by atoms with Crippen molar-refractivity contribution in [1.82, 2.24) is 20.9 Å². The number of benzene rings is 1. The van der Waals surface area contributed by atoms with Crippen LogP contribution in [0.25, 0.3) is 0 Å². The molecule has 1 aromatic carbocycles. The predicted molar refractivity (Wildman–Crippen MR) is 103 cm³/mol. The SMILES string of the molecule is CCN1CC(=O)NCCNC(=O)C(Cc2ccc(I)cc2)NC(=O)C1. The van der Waals surface area contributed by atoms with Crippen LogP contribution in [0.2, 0.25) is 0 Å². The highest BCUT2D eigenvalue weighted by atomic mass is 127. The second-order valence-electron chi connectivity index (χ2n) is 5.89. The Hall–Kier alpha value is -1.68. The van der Waals surface area contributed by atoms with Crippen molar-refractivity contribution in [1.29, 1.82) is 0 Å². The van der Waals surface area contributed by atoms with E-state index >= 15 is 0 Å². The average molecular weight is 458 g/mol. The number of amides is 3. The quantitative estimate of drug-likeness (QED) is 0.552. The van der Waals surface area contributed by atoms with Gasteiger partial charge in [-0.25, -0.2) is 0 Å². The number of hydrogen-bond acceptors (Lipinski definition) is 4. The van der Waals surface area contributed by atoms with Gasteiger partial charge in [0.15, 0.2) is 0 Å². The number of halogens is 1. The Kier molecular flexibility index (Phi) is 7.63. The van der Waals surface area contributed by atoms with E-state index in [0.29, 0.717) is 26.1 Å². The van der Waals surface area contributed by atoms with Gasteiger partial charge in [-0.15, -0.1) is 0 Å². The van der Waals surface area contributed by atoms with Crippen LogP contribution in [-0.2, 0) is 20.8 Å². The molecule has 2 rings (SSSR count). The first-order valence-electron chi connectivity index (χ1n) is 8.28. The Morgan fingerprint density at radius 1 is 1.04 bits per heavy atom. The molecule has 1 heterocycles. The van der Waals surface area contributed by atoms with Crippen LogP contribution in [0.1, 0.15) is 12.5 Å². The molecule has 0 radical (unpaired) electrons. The zero-order valence-electron chi connectivity index (χ0n) is 14.2. The molecule has 1 aliphatic rings. The summed E-state index contributed by atoms with van der Waals surface area (Å²) in [5, 5.41) is 8.31. The Labute approximate surface area is 161 Å². The number of carbonyl (C=O) groups is 3. The largest absolute Gasteiger partial charge is 0.353 e. The highest BCUT2D eigenvalue weighted by Crippen LogP contribution is 2.09. The van der Waals surface area contributed by atoms with Crippen LogP contribution < -0.4 is 16.0 Å². The molecule has 0 bridgehead atoms. The summed E-state index contributed by atoms with van der Waals surface area (Å²) in [6.45, 7) is 3.42. The maximum atomic E-state index is 12.4. The van der Waals surface area contributed by atoms with Gasteiger partial charge in [-0.2, -0.15) is 0 Å². The highest BCUT2D eigenvalue weighted by Gasteiger charge is 2.23. The average Bonchev–Trinajstić information content (AvgIpc) is 2.58. The number of nitrogens with zero attached hydrogens (tertiary/aromatic N) is 1. The molecule has 8 heteroatoms. The number of likely N-dealkylation sites (N-methyl/N-ethyl adjacent to an activating group) is 1. The third kappa shape index (κ3) is 6.62. The van der Waals surface area contributed by atoms with Crippen molar-refractivity contribution in [2.75, 3.05) is 32.7 Å². The Balaban J connectivity index is 2.10. The van der Waals surface area contributed by atoms with Gasteiger partial charge < -0.3 is 16.0 Å². The summed E-state index contributed by atoms with van der Waals surface area (Å²) in [6.07, 6.45) is 0.424. The van der Waals surface area contributed by atoms with Crippen LogP contribution in [0.4, 0.5) is 0 Å². The van der Waals surface area contributed by atoms with Gasteiger partial charge >= 0.3 is 0 Å². The van der Waals surface area contributed by atoms with E-state index in [-0.39, 0.29) is 30.8 Å². The molecule has 0 saturated carbocycles. The van der Waals surface area contributed by atoms with Gasteiger partial charge in [0.25, 0.3) is 0 Å². The molecule has 0 aliphatic carbocycles. The van der Waals surface area contributed by atoms with Crippen molar-refractivity contribution < 1.29 is 14.4 Å². The fourth-order valence-corrected chi connectivity index (χ4v) is 2.92. The van der Waals surface area contributed by atoms with E-state index in [0.717, 1.165) is 9.13 Å². The van der Waals surface area contributed by atoms with Crippen LogP contribution in [0.5, 0.6) is 0 Å². The van der Waals surface area contributed by atoms with Gasteiger partial charge in [-0.1, -0.05) is 19.1 Å². The van der Waals surface area contributed by atoms with Crippen LogP contribution in [0, 0.1) is 3.57 Å². The molecule has 1 atom stereocenters. The van der Waals surface area contributed by atoms with Crippen LogP contribution in [0.15, 0.2) is 24.3 Å². The molecule has 1 unspecified atom stereocenters. The first-order chi connectivity index (χ1) is 12.0. The fraction of sp³-hybridized carbons (Fsp3) is 0.471. The minimum absolute atomic E-state index is 0.0837. The summed E-state index contributed by atoms with van der Waals surface area (Å²) in [5.41, 5.74) is 0.980. The van der Waals surface area contributed by atoms with Gasteiger partial charge in [-0.05, 0) is 46.8 Å². The van der Waals surface area contributed by atoms with Crippen molar-refractivity contribution in [2.45, 2.75) is 19.4 Å². The number of hydrogen-bond donors (Lipinski definition) is 3. The van der Waals surface area contributed by atoms with Crippen LogP contribution in [0.3, 0.4) is 0 Å². The molecule has 1 fully saturated rings. The molecule has 25 heavy (non-hydrogen) atoms. The topological polar surface area (TPSA) is 90.5 Å². The second-order valence-corrected chi connectivity index (χ2v) is 7.14. The fourth-order valence-electron chi connectivity index (χ4n) is 2.56. The highest BCUT2D eigenvalue weighted by molar-refractivity contribution is 14.1. The lowest BCUT2D eigenvalue weighted by molar-refractivity contribution is -0.130. The van der Waals surface area contributed by atoms with E-state index in [1.54, 1.807) is 4.90 Å². The Morgan fingerprint density at radius 2 is 1.68 bits per heavy atom. The van der Waals surface area contributed by atoms with Gasteiger partial charge in [-0.3, -0.25) is 19.3 Å². The standard InChI is InChI=1S/C17H23IN4O3/c1-2-22-10-15(23)19-7-8-20-17(25)14(21-16(24)11-22)9-12-3-5-13(18)6-4-12/h3-6,14H,2,7-11H2,1H3,(H,19,23)(H,20,25)(H,21,24). The monoisotopic (exact) mass is 458 g/mol. The summed E-state index contributed by atoms with van der Waals surface area (Å²) >= 11 is 2.22. The molecular weight excluding hydrogens is 435 g/mol. The molecule has 1 aromatic rings. The number of carbonyl (C=O) groups excluding carboxylic acids is 3.